The second kappa shape index (κ2) is 11.5. The normalized spacial score (nSPS) is 18.2. The first-order valence-corrected chi connectivity index (χ1v) is 12.5. The van der Waals surface area contributed by atoms with Gasteiger partial charge in [0.15, 0.2) is 0 Å². The number of phenolic OH excluding ortho intramolecular Hbond substituents is 1. The second-order valence-electron chi connectivity index (χ2n) is 9.74. The minimum absolute atomic E-state index is 0.295. The van der Waals surface area contributed by atoms with Crippen LogP contribution >= 0.6 is 0 Å². The predicted molar refractivity (Wildman–Crippen MR) is 139 cm³/mol. The van der Waals surface area contributed by atoms with Gasteiger partial charge in [-0.15, -0.1) is 0 Å². The summed E-state index contributed by atoms with van der Waals surface area (Å²) in [6, 6.07) is 13.7. The molecule has 3 aromatic rings. The molecule has 1 aromatic heterocycles. The van der Waals surface area contributed by atoms with Crippen LogP contribution in [0.4, 0.5) is 5.82 Å². The van der Waals surface area contributed by atoms with Crippen LogP contribution in [0.2, 0.25) is 0 Å². The molecule has 2 N–H and O–H groups in total. The van der Waals surface area contributed by atoms with E-state index in [1.165, 1.54) is 32.1 Å². The van der Waals surface area contributed by atoms with Crippen LogP contribution < -0.4 is 15.0 Å². The Kier molecular flexibility index (Phi) is 8.22. The Morgan fingerprint density at radius 2 is 1.76 bits per heavy atom. The van der Waals surface area contributed by atoms with Crippen LogP contribution in [0.25, 0.3) is 10.9 Å². The van der Waals surface area contributed by atoms with E-state index in [1.54, 1.807) is 13.2 Å². The summed E-state index contributed by atoms with van der Waals surface area (Å²) in [6.45, 7) is 1.62. The topological polar surface area (TPSA) is 70.5 Å². The van der Waals surface area contributed by atoms with Crippen LogP contribution in [0.15, 0.2) is 42.5 Å². The lowest BCUT2D eigenvalue weighted by molar-refractivity contribution is 0.253. The molecule has 0 spiro atoms. The van der Waals surface area contributed by atoms with Gasteiger partial charge < -0.3 is 20.1 Å². The van der Waals surface area contributed by atoms with Crippen molar-refractivity contribution in [2.24, 2.45) is 11.8 Å². The fraction of sp³-hybridized carbons (Fsp3) is 0.500. The van der Waals surface area contributed by atoms with Gasteiger partial charge in [-0.2, -0.15) is 0 Å². The van der Waals surface area contributed by atoms with E-state index in [2.05, 4.69) is 22.3 Å². The van der Waals surface area contributed by atoms with Crippen LogP contribution in [0, 0.1) is 11.8 Å². The largest absolute Gasteiger partial charge is 0.507 e. The Bertz CT molecular complexity index is 1080. The number of aromatic hydroxyl groups is 1. The maximum absolute atomic E-state index is 10.1. The summed E-state index contributed by atoms with van der Waals surface area (Å²) in [6.07, 6.45) is 8.48. The molecule has 1 fully saturated rings. The summed E-state index contributed by atoms with van der Waals surface area (Å²) in [4.78, 5) is 11.8. The van der Waals surface area contributed by atoms with Crippen LogP contribution in [0.3, 0.4) is 0 Å². The fourth-order valence-corrected chi connectivity index (χ4v) is 5.16. The lowest BCUT2D eigenvalue weighted by Gasteiger charge is -2.29. The third-order valence-corrected chi connectivity index (χ3v) is 7.10. The van der Waals surface area contributed by atoms with Crippen LogP contribution in [0.5, 0.6) is 11.5 Å². The SMILES string of the molecule is COc1cccc(O)c1CNCC1CCC(CCCc2nc(N(C)C)c3ccccc3n2)CC1. The molecule has 0 amide bonds. The minimum atomic E-state index is 0.295. The third kappa shape index (κ3) is 5.98. The molecule has 0 unspecified atom stereocenters. The van der Waals surface area contributed by atoms with Gasteiger partial charge >= 0.3 is 0 Å². The lowest BCUT2D eigenvalue weighted by atomic mass is 9.80. The number of nitrogens with zero attached hydrogens (tertiary/aromatic N) is 3. The summed E-state index contributed by atoms with van der Waals surface area (Å²) in [7, 11) is 5.74. The number of ether oxygens (including phenoxy) is 1. The summed E-state index contributed by atoms with van der Waals surface area (Å²) in [5.41, 5.74) is 1.87. The molecule has 0 saturated heterocycles. The highest BCUT2D eigenvalue weighted by molar-refractivity contribution is 5.89. The van der Waals surface area contributed by atoms with Gasteiger partial charge in [-0.05, 0) is 61.9 Å². The Balaban J connectivity index is 1.20. The second-order valence-corrected chi connectivity index (χ2v) is 9.74. The fourth-order valence-electron chi connectivity index (χ4n) is 5.16. The van der Waals surface area contributed by atoms with E-state index in [4.69, 9.17) is 14.7 Å². The standard InChI is InChI=1S/C28H38N4O2/c1-32(2)28-22-9-4-5-10-24(22)30-27(31-28)13-6-8-20-14-16-21(17-15-20)18-29-19-23-25(33)11-7-12-26(23)34-3/h4-5,7,9-12,20-21,29,33H,6,8,13-19H2,1-3H3. The number of rotatable bonds is 10. The predicted octanol–water partition coefficient (Wildman–Crippen LogP) is 5.33. The first kappa shape index (κ1) is 24.3. The molecular formula is C28H38N4O2. The molecule has 0 bridgehead atoms. The van der Waals surface area contributed by atoms with Gasteiger partial charge in [-0.25, -0.2) is 9.97 Å². The van der Waals surface area contributed by atoms with Crippen molar-refractivity contribution in [2.75, 3.05) is 32.6 Å². The number of nitrogens with one attached hydrogen (secondary N) is 1. The summed E-state index contributed by atoms with van der Waals surface area (Å²) < 4.78 is 5.38. The Morgan fingerprint density at radius 1 is 1.00 bits per heavy atom. The van der Waals surface area contributed by atoms with Gasteiger partial charge in [0.1, 0.15) is 23.1 Å². The van der Waals surface area contributed by atoms with Gasteiger partial charge in [0.05, 0.1) is 12.6 Å². The van der Waals surface area contributed by atoms with Crippen LogP contribution in [-0.2, 0) is 13.0 Å². The number of aryl methyl sites for hydroxylation is 1. The average Bonchev–Trinajstić information content (AvgIpc) is 2.85. The molecule has 4 rings (SSSR count). The van der Waals surface area contributed by atoms with E-state index in [1.807, 2.05) is 38.4 Å². The number of phenols is 1. The number of hydrogen-bond donors (Lipinski definition) is 2. The lowest BCUT2D eigenvalue weighted by Crippen LogP contribution is -2.26. The number of benzene rings is 2. The van der Waals surface area contributed by atoms with Crippen molar-refractivity contribution in [2.45, 2.75) is 51.5 Å². The smallest absolute Gasteiger partial charge is 0.139 e. The number of para-hydroxylation sites is 1. The van der Waals surface area contributed by atoms with Gasteiger partial charge in [-0.3, -0.25) is 0 Å². The van der Waals surface area contributed by atoms with Crippen molar-refractivity contribution in [1.29, 1.82) is 0 Å². The molecule has 6 nitrogen and oxygen atoms in total. The molecular weight excluding hydrogens is 424 g/mol. The highest BCUT2D eigenvalue weighted by Gasteiger charge is 2.21. The van der Waals surface area contributed by atoms with Gasteiger partial charge in [0.2, 0.25) is 0 Å². The van der Waals surface area contributed by atoms with Gasteiger partial charge in [0.25, 0.3) is 0 Å². The first-order valence-electron chi connectivity index (χ1n) is 12.5. The molecule has 34 heavy (non-hydrogen) atoms. The van der Waals surface area contributed by atoms with E-state index in [9.17, 15) is 5.11 Å². The van der Waals surface area contributed by atoms with E-state index < -0.39 is 0 Å². The maximum atomic E-state index is 10.1. The zero-order valence-corrected chi connectivity index (χ0v) is 20.8. The van der Waals surface area contributed by atoms with E-state index in [0.717, 1.165) is 59.2 Å². The molecule has 0 aliphatic heterocycles. The molecule has 1 heterocycles. The number of anilines is 1. The molecule has 182 valence electrons. The molecule has 0 atom stereocenters. The molecule has 1 saturated carbocycles. The highest BCUT2D eigenvalue weighted by atomic mass is 16.5. The zero-order chi connectivity index (χ0) is 23.9. The van der Waals surface area contributed by atoms with E-state index in [0.29, 0.717) is 18.2 Å². The third-order valence-electron chi connectivity index (χ3n) is 7.10. The Labute approximate surface area is 203 Å². The van der Waals surface area contributed by atoms with Crippen molar-refractivity contribution in [3.05, 3.63) is 53.9 Å². The Hall–Kier alpha value is -2.86. The summed E-state index contributed by atoms with van der Waals surface area (Å²) in [5, 5.41) is 14.8. The molecule has 1 aliphatic carbocycles. The van der Waals surface area contributed by atoms with E-state index >= 15 is 0 Å². The van der Waals surface area contributed by atoms with Gasteiger partial charge in [0, 0.05) is 38.0 Å². The quantitative estimate of drug-likeness (QED) is 0.424. The molecule has 1 aliphatic rings. The number of methoxy groups -OCH3 is 1. The number of fused-ring (bicyclic) bond motifs is 1. The molecule has 6 heteroatoms. The Morgan fingerprint density at radius 3 is 2.53 bits per heavy atom. The van der Waals surface area contributed by atoms with Crippen molar-refractivity contribution in [1.82, 2.24) is 15.3 Å². The highest BCUT2D eigenvalue weighted by Crippen LogP contribution is 2.32. The van der Waals surface area contributed by atoms with Crippen LogP contribution in [-0.4, -0.2) is 42.8 Å². The number of aromatic nitrogens is 2. The number of hydrogen-bond acceptors (Lipinski definition) is 6. The van der Waals surface area contributed by atoms with Crippen molar-refractivity contribution >= 4 is 16.7 Å². The van der Waals surface area contributed by atoms with Crippen LogP contribution in [0.1, 0.15) is 49.9 Å². The molecule has 2 aromatic carbocycles. The monoisotopic (exact) mass is 462 g/mol. The minimum Gasteiger partial charge on any atom is -0.507 e. The first-order chi connectivity index (χ1) is 16.5. The maximum Gasteiger partial charge on any atom is 0.139 e. The van der Waals surface area contributed by atoms with Gasteiger partial charge in [-0.1, -0.05) is 37.5 Å². The average molecular weight is 463 g/mol. The summed E-state index contributed by atoms with van der Waals surface area (Å²) >= 11 is 0. The summed E-state index contributed by atoms with van der Waals surface area (Å²) in [5.74, 6) is 4.52. The zero-order valence-electron chi connectivity index (χ0n) is 20.8. The van der Waals surface area contributed by atoms with Crippen molar-refractivity contribution in [3.8, 4) is 11.5 Å². The van der Waals surface area contributed by atoms with Crippen molar-refractivity contribution in [3.63, 3.8) is 0 Å². The van der Waals surface area contributed by atoms with E-state index in [-0.39, 0.29) is 0 Å². The van der Waals surface area contributed by atoms with Crippen molar-refractivity contribution < 1.29 is 9.84 Å². The molecule has 0 radical (unpaired) electrons.